The molecule has 0 unspecified atom stereocenters. The number of nitrogens with zero attached hydrogens (tertiary/aromatic N) is 3. The molecule has 2 aliphatic heterocycles. The lowest BCUT2D eigenvalue weighted by Crippen LogP contribution is -2.49. The van der Waals surface area contributed by atoms with E-state index in [2.05, 4.69) is 38.0 Å². The number of nitrogens with one attached hydrogen (secondary N) is 1. The van der Waals surface area contributed by atoms with Crippen molar-refractivity contribution in [2.75, 3.05) is 17.3 Å². The lowest BCUT2D eigenvalue weighted by Gasteiger charge is -2.27. The number of nitrogen functional groups attached to an aromatic ring is 1. The molecule has 0 amide bonds. The van der Waals surface area contributed by atoms with Crippen LogP contribution < -0.4 is 16.2 Å². The summed E-state index contributed by atoms with van der Waals surface area (Å²) in [6.07, 6.45) is -2.73. The van der Waals surface area contributed by atoms with Crippen LogP contribution in [0.1, 0.15) is 9.61 Å². The lowest BCUT2D eigenvalue weighted by molar-refractivity contribution is -0.0249. The molecule has 6 N–H and O–H groups in total. The number of halogens is 1. The Morgan fingerprint density at radius 3 is 2.80 bits per heavy atom. The van der Waals surface area contributed by atoms with E-state index in [0.717, 1.165) is 0 Å². The molecule has 3 heterocycles. The van der Waals surface area contributed by atoms with Gasteiger partial charge in [0, 0.05) is 0 Å². The topological polar surface area (TPSA) is 137 Å². The average Bonchev–Trinajstić information content (AvgIpc) is 2.90. The van der Waals surface area contributed by atoms with E-state index in [0.29, 0.717) is 17.2 Å². The van der Waals surface area contributed by atoms with E-state index in [9.17, 15) is 10.2 Å². The number of rotatable bonds is 2. The Labute approximate surface area is 127 Å². The highest BCUT2D eigenvalue weighted by atomic mass is 127. The summed E-state index contributed by atoms with van der Waals surface area (Å²) in [5.41, 5.74) is 9.58. The number of ether oxygens (including phenoxy) is 1. The van der Waals surface area contributed by atoms with Gasteiger partial charge in [-0.1, -0.05) is 22.6 Å². The van der Waals surface area contributed by atoms with Crippen LogP contribution in [0.2, 0.25) is 0 Å². The zero-order valence-electron chi connectivity index (χ0n) is 10.2. The van der Waals surface area contributed by atoms with Crippen LogP contribution in [0.3, 0.4) is 0 Å². The highest BCUT2D eigenvalue weighted by Crippen LogP contribution is 2.40. The largest absolute Gasteiger partial charge is 0.394 e. The van der Waals surface area contributed by atoms with E-state index < -0.39 is 24.5 Å². The quantitative estimate of drug-likeness (QED) is 0.224. The van der Waals surface area contributed by atoms with E-state index in [1.165, 1.54) is 11.3 Å². The fourth-order valence-electron chi connectivity index (χ4n) is 2.37. The predicted molar refractivity (Wildman–Crippen MR) is 76.6 cm³/mol. The number of fused-ring (bicyclic) bond motifs is 1. The maximum absolute atomic E-state index is 10.1. The molecule has 2 aliphatic rings. The van der Waals surface area contributed by atoms with Gasteiger partial charge < -0.3 is 25.8 Å². The molecule has 20 heavy (non-hydrogen) atoms. The number of anilines is 2. The molecular weight excluding hydrogens is 381 g/mol. The summed E-state index contributed by atoms with van der Waals surface area (Å²) >= 11 is 2.12. The first-order valence-electron chi connectivity index (χ1n) is 5.97. The fraction of sp³-hybridized carbons (Fsp3) is 0.600. The van der Waals surface area contributed by atoms with Crippen molar-refractivity contribution in [2.24, 2.45) is 0 Å². The number of nitrogens with two attached hydrogens (primary N) is 1. The minimum absolute atomic E-state index is 0.176. The lowest BCUT2D eigenvalue weighted by atomic mass is 10.1. The van der Waals surface area contributed by atoms with E-state index >= 15 is 0 Å². The Hall–Kier alpha value is -0.790. The second-order valence-electron chi connectivity index (χ2n) is 4.59. The Morgan fingerprint density at radius 2 is 2.15 bits per heavy atom. The molecular formula is C10H14IN5O4. The van der Waals surface area contributed by atoms with Gasteiger partial charge in [-0.15, -0.1) is 0 Å². The number of alkyl halides is 1. The summed E-state index contributed by atoms with van der Waals surface area (Å²) in [5.74, 6) is 0.836. The third kappa shape index (κ3) is 2.03. The van der Waals surface area contributed by atoms with Gasteiger partial charge in [-0.3, -0.25) is 5.01 Å². The van der Waals surface area contributed by atoms with Crippen molar-refractivity contribution in [1.82, 2.24) is 15.4 Å². The normalized spacial score (nSPS) is 36.4. The summed E-state index contributed by atoms with van der Waals surface area (Å²) in [4.78, 5) is 8.07. The number of hydrazine groups is 1. The summed E-state index contributed by atoms with van der Waals surface area (Å²) < 4.78 is 5.30. The maximum Gasteiger partial charge on any atom is 0.174 e. The molecule has 0 aromatic carbocycles. The summed E-state index contributed by atoms with van der Waals surface area (Å²) in [6, 6.07) is 0. The van der Waals surface area contributed by atoms with Crippen molar-refractivity contribution in [3.63, 3.8) is 0 Å². The summed E-state index contributed by atoms with van der Waals surface area (Å²) in [5, 5.41) is 30.5. The van der Waals surface area contributed by atoms with Crippen LogP contribution in [0, 0.1) is 0 Å². The van der Waals surface area contributed by atoms with Gasteiger partial charge in [0.2, 0.25) is 0 Å². The molecule has 1 saturated heterocycles. The molecule has 5 atom stereocenters. The van der Waals surface area contributed by atoms with Crippen LogP contribution in [0.25, 0.3) is 0 Å². The van der Waals surface area contributed by atoms with Gasteiger partial charge in [-0.2, -0.15) is 0 Å². The smallest absolute Gasteiger partial charge is 0.174 e. The van der Waals surface area contributed by atoms with Crippen LogP contribution in [0.15, 0.2) is 6.33 Å². The third-order valence-electron chi connectivity index (χ3n) is 3.40. The Morgan fingerprint density at radius 1 is 1.40 bits per heavy atom. The number of hydrogen-bond acceptors (Lipinski definition) is 9. The Bertz CT molecular complexity index is 520. The molecule has 10 heteroatoms. The second-order valence-corrected chi connectivity index (χ2v) is 5.83. The van der Waals surface area contributed by atoms with Gasteiger partial charge in [-0.25, -0.2) is 15.4 Å². The van der Waals surface area contributed by atoms with Crippen LogP contribution in [0.4, 0.5) is 11.6 Å². The van der Waals surface area contributed by atoms with Gasteiger partial charge in [0.15, 0.2) is 12.0 Å². The molecule has 9 nitrogen and oxygen atoms in total. The van der Waals surface area contributed by atoms with Crippen LogP contribution in [0.5, 0.6) is 0 Å². The SMILES string of the molecule is Nc1ncnc2c1[C@@H](I)NN2[C@@H]1O[C@H](CO)[C@@H](O)[C@H]1O. The molecule has 1 aromatic heterocycles. The molecule has 3 rings (SSSR count). The zero-order valence-corrected chi connectivity index (χ0v) is 12.4. The van der Waals surface area contributed by atoms with Gasteiger partial charge in [0.25, 0.3) is 0 Å². The highest BCUT2D eigenvalue weighted by Gasteiger charge is 2.48. The van der Waals surface area contributed by atoms with Crippen molar-refractivity contribution < 1.29 is 20.1 Å². The first-order chi connectivity index (χ1) is 9.54. The fourth-order valence-corrected chi connectivity index (χ4v) is 3.27. The van der Waals surface area contributed by atoms with E-state index in [1.54, 1.807) is 0 Å². The van der Waals surface area contributed by atoms with Gasteiger partial charge in [0.05, 0.1) is 12.2 Å². The molecule has 110 valence electrons. The first-order valence-corrected chi connectivity index (χ1v) is 7.21. The average molecular weight is 395 g/mol. The van der Waals surface area contributed by atoms with Gasteiger partial charge >= 0.3 is 0 Å². The van der Waals surface area contributed by atoms with Crippen molar-refractivity contribution in [2.45, 2.75) is 28.6 Å². The Balaban J connectivity index is 1.93. The first kappa shape index (κ1) is 14.2. The van der Waals surface area contributed by atoms with Gasteiger partial charge in [0.1, 0.15) is 34.5 Å². The summed E-state index contributed by atoms with van der Waals surface area (Å²) in [7, 11) is 0. The van der Waals surface area contributed by atoms with E-state index in [1.807, 2.05) is 0 Å². The number of aliphatic hydroxyl groups excluding tert-OH is 3. The molecule has 0 aliphatic carbocycles. The molecule has 0 bridgehead atoms. The highest BCUT2D eigenvalue weighted by molar-refractivity contribution is 14.1. The van der Waals surface area contributed by atoms with Crippen molar-refractivity contribution in [3.05, 3.63) is 11.9 Å². The molecule has 1 aromatic rings. The minimum Gasteiger partial charge on any atom is -0.394 e. The number of aromatic nitrogens is 2. The molecule has 0 radical (unpaired) electrons. The van der Waals surface area contributed by atoms with E-state index in [-0.39, 0.29) is 10.7 Å². The molecule has 0 saturated carbocycles. The predicted octanol–water partition coefficient (Wildman–Crippen LogP) is -1.74. The third-order valence-corrected chi connectivity index (χ3v) is 4.30. The van der Waals surface area contributed by atoms with E-state index in [4.69, 9.17) is 15.6 Å². The Kier molecular flexibility index (Phi) is 3.68. The van der Waals surface area contributed by atoms with Crippen LogP contribution in [-0.2, 0) is 4.74 Å². The van der Waals surface area contributed by atoms with Crippen molar-refractivity contribution in [3.8, 4) is 0 Å². The summed E-state index contributed by atoms with van der Waals surface area (Å²) in [6.45, 7) is -0.380. The number of aliphatic hydroxyl groups is 3. The maximum atomic E-state index is 10.1. The number of hydrogen-bond donors (Lipinski definition) is 5. The monoisotopic (exact) mass is 395 g/mol. The van der Waals surface area contributed by atoms with Crippen molar-refractivity contribution >= 4 is 34.2 Å². The zero-order chi connectivity index (χ0) is 14.4. The minimum atomic E-state index is -1.18. The van der Waals surface area contributed by atoms with Crippen LogP contribution >= 0.6 is 22.6 Å². The standard InChI is InChI=1S/C10H14IN5O4/c11-7-4-8(12)13-2-14-9(4)16(15-7)10-6(19)5(18)3(1-17)20-10/h2-3,5-7,10,15,17-19H,1H2,(H2,12,13,14)/t3-,5-,6-,7+,10-/m1/s1. The molecule has 1 fully saturated rings. The van der Waals surface area contributed by atoms with Gasteiger partial charge in [-0.05, 0) is 0 Å². The molecule has 0 spiro atoms. The van der Waals surface area contributed by atoms with Crippen molar-refractivity contribution in [1.29, 1.82) is 0 Å². The second kappa shape index (κ2) is 5.20. The van der Waals surface area contributed by atoms with Crippen LogP contribution in [-0.4, -0.2) is 56.4 Å².